The first-order valence-corrected chi connectivity index (χ1v) is 3.88. The molecule has 0 saturated carbocycles. The van der Waals surface area contributed by atoms with E-state index in [4.69, 9.17) is 0 Å². The van der Waals surface area contributed by atoms with Gasteiger partial charge in [-0.3, -0.25) is 0 Å². The zero-order chi connectivity index (χ0) is 12.5. The van der Waals surface area contributed by atoms with Crippen LogP contribution in [0.4, 0.5) is 35.1 Å². The summed E-state index contributed by atoms with van der Waals surface area (Å²) >= 11 is 0. The monoisotopic (exact) mass is 244 g/mol. The number of rotatable bonds is 5. The van der Waals surface area contributed by atoms with E-state index < -0.39 is 37.0 Å². The lowest BCUT2D eigenvalue weighted by molar-refractivity contribution is -0.326. The summed E-state index contributed by atoms with van der Waals surface area (Å²) in [7, 11) is 0. The van der Waals surface area contributed by atoms with E-state index in [2.05, 4.69) is 0 Å². The van der Waals surface area contributed by atoms with E-state index in [-0.39, 0.29) is 0 Å². The van der Waals surface area contributed by atoms with E-state index in [0.29, 0.717) is 6.92 Å². The van der Waals surface area contributed by atoms with E-state index in [1.54, 1.807) is 0 Å². The fraction of sp³-hybridized carbons (Fsp3) is 1.00. The second-order valence-electron chi connectivity index (χ2n) is 2.88. The highest BCUT2D eigenvalue weighted by atomic mass is 19.3. The van der Waals surface area contributed by atoms with Gasteiger partial charge < -0.3 is 0 Å². The molecule has 0 aliphatic rings. The van der Waals surface area contributed by atoms with Crippen molar-refractivity contribution in [3.05, 3.63) is 0 Å². The molecule has 1 atom stereocenters. The molecule has 0 saturated heterocycles. The summed E-state index contributed by atoms with van der Waals surface area (Å²) in [5, 5.41) is 0. The topological polar surface area (TPSA) is 0 Å². The molecule has 0 aromatic rings. The first kappa shape index (κ1) is 14.4. The number of alkyl halides is 8. The van der Waals surface area contributed by atoms with Crippen molar-refractivity contribution < 1.29 is 35.1 Å². The van der Waals surface area contributed by atoms with Gasteiger partial charge in [0.25, 0.3) is 0 Å². The molecule has 0 fully saturated rings. The Morgan fingerprint density at radius 2 is 1.40 bits per heavy atom. The quantitative estimate of drug-likeness (QED) is 0.648. The SMILES string of the molecule is CCC(F)(F)C(F)(F)C(F)(F)[C@@H](F)CF. The van der Waals surface area contributed by atoms with Crippen LogP contribution in [0.15, 0.2) is 0 Å². The van der Waals surface area contributed by atoms with Gasteiger partial charge in [-0.05, 0) is 0 Å². The molecule has 0 unspecified atom stereocenters. The van der Waals surface area contributed by atoms with Crippen LogP contribution in [-0.4, -0.2) is 30.6 Å². The summed E-state index contributed by atoms with van der Waals surface area (Å²) in [4.78, 5) is 0. The minimum atomic E-state index is -5.92. The third kappa shape index (κ3) is 2.17. The number of halogens is 8. The molecule has 0 bridgehead atoms. The lowest BCUT2D eigenvalue weighted by Gasteiger charge is -2.33. The van der Waals surface area contributed by atoms with Crippen LogP contribution in [0.5, 0.6) is 0 Å². The Hall–Kier alpha value is -0.560. The second-order valence-corrected chi connectivity index (χ2v) is 2.88. The Balaban J connectivity index is 5.17. The van der Waals surface area contributed by atoms with Crippen molar-refractivity contribution in [1.82, 2.24) is 0 Å². The van der Waals surface area contributed by atoms with Crippen LogP contribution < -0.4 is 0 Å². The van der Waals surface area contributed by atoms with Gasteiger partial charge in [-0.1, -0.05) is 6.92 Å². The predicted molar refractivity (Wildman–Crippen MR) is 36.0 cm³/mol. The molecule has 0 nitrogen and oxygen atoms in total. The van der Waals surface area contributed by atoms with Crippen molar-refractivity contribution in [3.8, 4) is 0 Å². The first-order chi connectivity index (χ1) is 6.54. The largest absolute Gasteiger partial charge is 0.375 e. The molecule has 0 amide bonds. The highest BCUT2D eigenvalue weighted by molar-refractivity contribution is 4.99. The van der Waals surface area contributed by atoms with Gasteiger partial charge in [0.15, 0.2) is 6.17 Å². The summed E-state index contributed by atoms with van der Waals surface area (Å²) < 4.78 is 98.3. The van der Waals surface area contributed by atoms with Gasteiger partial charge in [0.2, 0.25) is 0 Å². The molecule has 0 spiro atoms. The summed E-state index contributed by atoms with van der Waals surface area (Å²) in [5.41, 5.74) is 0. The smallest absolute Gasteiger partial charge is 0.248 e. The minimum Gasteiger partial charge on any atom is -0.248 e. The lowest BCUT2D eigenvalue weighted by Crippen LogP contribution is -2.58. The standard InChI is InChI=1S/C7H8F8/c1-2-5(10,11)7(14,15)6(12,13)4(9)3-8/h4H,2-3H2,1H3/t4-/m0/s1. The zero-order valence-electron chi connectivity index (χ0n) is 7.52. The predicted octanol–water partition coefficient (Wildman–Crippen LogP) is 3.61. The van der Waals surface area contributed by atoms with Crippen LogP contribution in [0.25, 0.3) is 0 Å². The van der Waals surface area contributed by atoms with Crippen LogP contribution in [-0.2, 0) is 0 Å². The average molecular weight is 244 g/mol. The Morgan fingerprint density at radius 1 is 1.00 bits per heavy atom. The van der Waals surface area contributed by atoms with Crippen LogP contribution in [0.3, 0.4) is 0 Å². The molecule has 0 heterocycles. The van der Waals surface area contributed by atoms with Crippen molar-refractivity contribution in [3.63, 3.8) is 0 Å². The Kier molecular flexibility index (Phi) is 3.98. The maximum atomic E-state index is 12.5. The van der Waals surface area contributed by atoms with Crippen LogP contribution in [0.1, 0.15) is 13.3 Å². The highest BCUT2D eigenvalue weighted by Gasteiger charge is 2.73. The molecular formula is C7H8F8. The average Bonchev–Trinajstić information content (AvgIpc) is 2.15. The third-order valence-corrected chi connectivity index (χ3v) is 1.85. The molecular weight excluding hydrogens is 236 g/mol. The van der Waals surface area contributed by atoms with Gasteiger partial charge in [0, 0.05) is 6.42 Å². The van der Waals surface area contributed by atoms with Crippen molar-refractivity contribution >= 4 is 0 Å². The molecule has 92 valence electrons. The van der Waals surface area contributed by atoms with Crippen LogP contribution >= 0.6 is 0 Å². The molecule has 0 radical (unpaired) electrons. The number of hydrogen-bond acceptors (Lipinski definition) is 0. The Bertz CT molecular complexity index is 211. The molecule has 0 aromatic carbocycles. The van der Waals surface area contributed by atoms with E-state index in [9.17, 15) is 35.1 Å². The Labute approximate surface area is 80.3 Å². The summed E-state index contributed by atoms with van der Waals surface area (Å²) in [6, 6.07) is 0. The van der Waals surface area contributed by atoms with Gasteiger partial charge in [-0.15, -0.1) is 0 Å². The second kappa shape index (κ2) is 4.13. The van der Waals surface area contributed by atoms with E-state index in [1.807, 2.05) is 0 Å². The minimum absolute atomic E-state index is 0.534. The normalized spacial score (nSPS) is 16.6. The summed E-state index contributed by atoms with van der Waals surface area (Å²) in [5.74, 6) is -16.7. The first-order valence-electron chi connectivity index (χ1n) is 3.88. The Morgan fingerprint density at radius 3 is 1.67 bits per heavy atom. The summed E-state index contributed by atoms with van der Waals surface area (Å²) in [6.45, 7) is -1.92. The molecule has 0 aromatic heterocycles. The van der Waals surface area contributed by atoms with Crippen molar-refractivity contribution in [2.75, 3.05) is 6.67 Å². The maximum Gasteiger partial charge on any atom is 0.375 e. The lowest BCUT2D eigenvalue weighted by atomic mass is 9.99. The van der Waals surface area contributed by atoms with Crippen molar-refractivity contribution in [1.29, 1.82) is 0 Å². The summed E-state index contributed by atoms with van der Waals surface area (Å²) in [6.07, 6.45) is -5.56. The van der Waals surface area contributed by atoms with Crippen molar-refractivity contribution in [2.45, 2.75) is 37.3 Å². The molecule has 8 heteroatoms. The highest BCUT2D eigenvalue weighted by Crippen LogP contribution is 2.49. The van der Waals surface area contributed by atoms with Crippen LogP contribution in [0.2, 0.25) is 0 Å². The van der Waals surface area contributed by atoms with E-state index in [1.165, 1.54) is 0 Å². The van der Waals surface area contributed by atoms with E-state index >= 15 is 0 Å². The fourth-order valence-corrected chi connectivity index (χ4v) is 0.759. The third-order valence-electron chi connectivity index (χ3n) is 1.85. The van der Waals surface area contributed by atoms with Gasteiger partial charge in [-0.2, -0.15) is 26.3 Å². The van der Waals surface area contributed by atoms with E-state index in [0.717, 1.165) is 0 Å². The fourth-order valence-electron chi connectivity index (χ4n) is 0.759. The zero-order valence-corrected chi connectivity index (χ0v) is 7.52. The molecule has 0 N–H and O–H groups in total. The molecule has 0 aliphatic carbocycles. The molecule has 0 aliphatic heterocycles. The van der Waals surface area contributed by atoms with Gasteiger partial charge in [-0.25, -0.2) is 8.78 Å². The maximum absolute atomic E-state index is 12.5. The van der Waals surface area contributed by atoms with Gasteiger partial charge >= 0.3 is 17.8 Å². The number of hydrogen-bond donors (Lipinski definition) is 0. The molecule has 15 heavy (non-hydrogen) atoms. The van der Waals surface area contributed by atoms with Gasteiger partial charge in [0.05, 0.1) is 0 Å². The van der Waals surface area contributed by atoms with Crippen LogP contribution in [0, 0.1) is 0 Å². The van der Waals surface area contributed by atoms with Gasteiger partial charge in [0.1, 0.15) is 6.67 Å². The van der Waals surface area contributed by atoms with Crippen molar-refractivity contribution in [2.24, 2.45) is 0 Å². The molecule has 0 rings (SSSR count).